The zero-order chi connectivity index (χ0) is 29.8. The van der Waals surface area contributed by atoms with Gasteiger partial charge in [-0.1, -0.05) is 29.3 Å². The first-order chi connectivity index (χ1) is 18.4. The molecule has 2 saturated heterocycles. The fourth-order valence-electron chi connectivity index (χ4n) is 4.76. The van der Waals surface area contributed by atoms with Crippen molar-refractivity contribution >= 4 is 56.4 Å². The van der Waals surface area contributed by atoms with Gasteiger partial charge >= 0.3 is 6.18 Å². The number of carbonyl (C=O) groups is 2. The van der Waals surface area contributed by atoms with E-state index in [0.717, 1.165) is 43.1 Å². The number of fused-ring (bicyclic) bond motifs is 2. The van der Waals surface area contributed by atoms with Crippen LogP contribution in [0.5, 0.6) is 0 Å². The average Bonchev–Trinajstić information content (AvgIpc) is 3.57. The number of aliphatic hydroxyl groups is 1. The Balaban J connectivity index is 1.76. The molecule has 40 heavy (non-hydrogen) atoms. The highest BCUT2D eigenvalue weighted by Gasteiger charge is 2.44. The van der Waals surface area contributed by atoms with E-state index in [1.807, 2.05) is 0 Å². The maximum atomic E-state index is 13.7. The molecule has 0 aliphatic carbocycles. The van der Waals surface area contributed by atoms with Gasteiger partial charge in [-0.15, -0.1) is 11.3 Å². The molecule has 2 amide bonds. The van der Waals surface area contributed by atoms with E-state index in [0.29, 0.717) is 6.92 Å². The number of sulfonamides is 1. The minimum atomic E-state index is -4.83. The summed E-state index contributed by atoms with van der Waals surface area (Å²) >= 11 is 13.5. The number of hydrogen-bond acceptors (Lipinski definition) is 7. The predicted octanol–water partition coefficient (Wildman–Crippen LogP) is 4.61. The van der Waals surface area contributed by atoms with Crippen LogP contribution in [0, 0.1) is 0 Å². The molecular formula is C24H27Cl2F3N4O5S2. The van der Waals surface area contributed by atoms with Gasteiger partial charge in [0.25, 0.3) is 11.8 Å². The molecule has 9 nitrogen and oxygen atoms in total. The fourth-order valence-corrected chi connectivity index (χ4v) is 7.92. The van der Waals surface area contributed by atoms with Gasteiger partial charge in [0.15, 0.2) is 5.01 Å². The monoisotopic (exact) mass is 642 g/mol. The second-order valence-electron chi connectivity index (χ2n) is 10.5. The van der Waals surface area contributed by atoms with Crippen molar-refractivity contribution in [2.75, 3.05) is 6.54 Å². The van der Waals surface area contributed by atoms with Crippen LogP contribution in [0.3, 0.4) is 0 Å². The van der Waals surface area contributed by atoms with Gasteiger partial charge in [0, 0.05) is 24.2 Å². The third-order valence-electron chi connectivity index (χ3n) is 6.80. The minimum absolute atomic E-state index is 0.0350. The lowest BCUT2D eigenvalue weighted by Crippen LogP contribution is -2.43. The summed E-state index contributed by atoms with van der Waals surface area (Å²) in [6, 6.07) is -0.127. The summed E-state index contributed by atoms with van der Waals surface area (Å²) < 4.78 is 65.8. The molecule has 0 spiro atoms. The van der Waals surface area contributed by atoms with Crippen molar-refractivity contribution in [2.24, 2.45) is 0 Å². The van der Waals surface area contributed by atoms with Crippen molar-refractivity contribution in [1.29, 1.82) is 0 Å². The lowest BCUT2D eigenvalue weighted by atomic mass is 10.0. The second kappa shape index (κ2) is 11.0. The van der Waals surface area contributed by atoms with Crippen LogP contribution in [0.15, 0.2) is 17.0 Å². The van der Waals surface area contributed by atoms with Crippen molar-refractivity contribution in [3.8, 4) is 10.4 Å². The summed E-state index contributed by atoms with van der Waals surface area (Å²) in [4.78, 5) is 32.1. The average molecular weight is 644 g/mol. The first-order valence-corrected chi connectivity index (χ1v) is 15.4. The van der Waals surface area contributed by atoms with E-state index in [4.69, 9.17) is 23.2 Å². The molecule has 4 rings (SSSR count). The molecule has 3 N–H and O–H groups in total. The van der Waals surface area contributed by atoms with E-state index >= 15 is 0 Å². The molecule has 2 aliphatic rings. The molecule has 1 aromatic heterocycles. The SMILES string of the molecule is C[C@H](NS(=O)(=O)c1ccc(-c2sc(C(=O)NCC(C)(C)O)nc2C(=O)N2C3CCC2CC3)c(Cl)c1Cl)C(F)(F)F. The maximum absolute atomic E-state index is 13.7. The number of nitrogens with one attached hydrogen (secondary N) is 2. The summed E-state index contributed by atoms with van der Waals surface area (Å²) in [6.45, 7) is 3.55. The molecule has 16 heteroatoms. The Bertz CT molecular complexity index is 1420. The molecule has 2 aliphatic heterocycles. The molecule has 2 fully saturated rings. The maximum Gasteiger partial charge on any atom is 0.404 e. The Morgan fingerprint density at radius 1 is 1.15 bits per heavy atom. The number of carbonyl (C=O) groups excluding carboxylic acids is 2. The van der Waals surface area contributed by atoms with Crippen LogP contribution < -0.4 is 10.0 Å². The van der Waals surface area contributed by atoms with E-state index in [9.17, 15) is 36.3 Å². The normalized spacial score (nSPS) is 20.2. The molecule has 1 atom stereocenters. The van der Waals surface area contributed by atoms with Gasteiger partial charge in [-0.25, -0.2) is 13.4 Å². The van der Waals surface area contributed by atoms with Gasteiger partial charge in [0.1, 0.15) is 16.6 Å². The topological polar surface area (TPSA) is 129 Å². The van der Waals surface area contributed by atoms with Gasteiger partial charge in [0.2, 0.25) is 10.0 Å². The lowest BCUT2D eigenvalue weighted by Gasteiger charge is -2.22. The molecular weight excluding hydrogens is 616 g/mol. The van der Waals surface area contributed by atoms with Crippen molar-refractivity contribution in [3.05, 3.63) is 32.9 Å². The largest absolute Gasteiger partial charge is 0.404 e. The number of rotatable bonds is 8. The Labute approximate surface area is 243 Å². The number of aromatic nitrogens is 1. The highest BCUT2D eigenvalue weighted by Crippen LogP contribution is 2.44. The Morgan fingerprint density at radius 2 is 1.73 bits per heavy atom. The summed E-state index contributed by atoms with van der Waals surface area (Å²) in [5.74, 6) is -1.06. The molecule has 220 valence electrons. The number of benzene rings is 1. The fraction of sp³-hybridized carbons (Fsp3) is 0.542. The first-order valence-electron chi connectivity index (χ1n) is 12.3. The van der Waals surface area contributed by atoms with E-state index < -0.39 is 49.6 Å². The van der Waals surface area contributed by atoms with Gasteiger partial charge in [-0.2, -0.15) is 17.9 Å². The van der Waals surface area contributed by atoms with Crippen LogP contribution in [0.1, 0.15) is 66.7 Å². The number of hydrogen-bond donors (Lipinski definition) is 3. The molecule has 0 saturated carbocycles. The van der Waals surface area contributed by atoms with Gasteiger partial charge < -0.3 is 15.3 Å². The van der Waals surface area contributed by atoms with E-state index in [-0.39, 0.29) is 44.8 Å². The highest BCUT2D eigenvalue weighted by molar-refractivity contribution is 7.89. The molecule has 2 aromatic rings. The Hall–Kier alpha value is -1.97. The molecule has 1 aromatic carbocycles. The van der Waals surface area contributed by atoms with E-state index in [1.54, 1.807) is 4.90 Å². The second-order valence-corrected chi connectivity index (χ2v) is 13.9. The molecule has 3 heterocycles. The van der Waals surface area contributed by atoms with Gasteiger partial charge in [-0.05, 0) is 52.5 Å². The lowest BCUT2D eigenvalue weighted by molar-refractivity contribution is -0.147. The van der Waals surface area contributed by atoms with Crippen LogP contribution in [0.2, 0.25) is 10.0 Å². The first kappa shape index (κ1) is 31.0. The number of alkyl halides is 3. The number of halogens is 5. The van der Waals surface area contributed by atoms with Crippen LogP contribution in [0.4, 0.5) is 13.2 Å². The van der Waals surface area contributed by atoms with Crippen molar-refractivity contribution in [3.63, 3.8) is 0 Å². The Kier molecular flexibility index (Phi) is 8.54. The van der Waals surface area contributed by atoms with Crippen LogP contribution in [-0.4, -0.2) is 71.7 Å². The molecule has 2 bridgehead atoms. The minimum Gasteiger partial charge on any atom is -0.389 e. The van der Waals surface area contributed by atoms with Gasteiger partial charge in [0.05, 0.1) is 20.5 Å². The quantitative estimate of drug-likeness (QED) is 0.386. The summed E-state index contributed by atoms with van der Waals surface area (Å²) in [5, 5.41) is 11.5. The highest BCUT2D eigenvalue weighted by atomic mass is 35.5. The zero-order valence-corrected chi connectivity index (χ0v) is 24.7. The van der Waals surface area contributed by atoms with Crippen molar-refractivity contribution < 1.29 is 36.3 Å². The third kappa shape index (κ3) is 6.26. The molecule has 0 unspecified atom stereocenters. The zero-order valence-electron chi connectivity index (χ0n) is 21.6. The van der Waals surface area contributed by atoms with E-state index in [1.165, 1.54) is 24.6 Å². The van der Waals surface area contributed by atoms with Crippen LogP contribution in [-0.2, 0) is 10.0 Å². The Morgan fingerprint density at radius 3 is 2.25 bits per heavy atom. The standard InChI is InChI=1S/C24H27Cl2F3N4O5S2/c1-11(24(27,28)29)32-40(37,38)15-9-8-14(16(25)17(15)26)19-18(22(35)33-12-4-5-13(33)7-6-12)31-21(39-19)20(34)30-10-23(2,3)36/h8-9,11-13,32,36H,4-7,10H2,1-3H3,(H,30,34)/t11-,12?,13?/m0/s1. The number of nitrogens with zero attached hydrogens (tertiary/aromatic N) is 2. The predicted molar refractivity (Wildman–Crippen MR) is 144 cm³/mol. The van der Waals surface area contributed by atoms with E-state index in [2.05, 4.69) is 10.3 Å². The number of thiazole rings is 1. The summed E-state index contributed by atoms with van der Waals surface area (Å²) in [5.41, 5.74) is -1.20. The molecule has 0 radical (unpaired) electrons. The summed E-state index contributed by atoms with van der Waals surface area (Å²) in [7, 11) is -4.73. The van der Waals surface area contributed by atoms with Crippen molar-refractivity contribution in [1.82, 2.24) is 19.9 Å². The van der Waals surface area contributed by atoms with Gasteiger partial charge in [-0.3, -0.25) is 9.59 Å². The van der Waals surface area contributed by atoms with Crippen LogP contribution >= 0.6 is 34.5 Å². The third-order valence-corrected chi connectivity index (χ3v) is 10.5. The van der Waals surface area contributed by atoms with Crippen molar-refractivity contribution in [2.45, 2.75) is 81.3 Å². The number of amides is 2. The summed E-state index contributed by atoms with van der Waals surface area (Å²) in [6.07, 6.45) is -1.46. The smallest absolute Gasteiger partial charge is 0.389 e. The van der Waals surface area contributed by atoms with Crippen LogP contribution in [0.25, 0.3) is 10.4 Å².